The summed E-state index contributed by atoms with van der Waals surface area (Å²) in [6.07, 6.45) is 10.0. The van der Waals surface area contributed by atoms with Gasteiger partial charge in [0.1, 0.15) is 0 Å². The molecule has 1 aromatic rings. The average molecular weight is 328 g/mol. The van der Waals surface area contributed by atoms with Crippen LogP contribution in [-0.2, 0) is 0 Å². The molecule has 2 amide bonds. The van der Waals surface area contributed by atoms with Crippen LogP contribution in [0.2, 0.25) is 0 Å². The number of hydrogen-bond donors (Lipinski definition) is 2. The molecule has 2 aliphatic rings. The van der Waals surface area contributed by atoms with Crippen molar-refractivity contribution in [3.05, 3.63) is 35.4 Å². The zero-order valence-electron chi connectivity index (χ0n) is 14.4. The van der Waals surface area contributed by atoms with Crippen LogP contribution in [0, 0.1) is 11.8 Å². The van der Waals surface area contributed by atoms with Crippen molar-refractivity contribution in [1.29, 1.82) is 0 Å². The van der Waals surface area contributed by atoms with Gasteiger partial charge in [0.2, 0.25) is 0 Å². The molecule has 1 aromatic carbocycles. The van der Waals surface area contributed by atoms with E-state index in [4.69, 9.17) is 0 Å². The van der Waals surface area contributed by atoms with Crippen LogP contribution in [0.5, 0.6) is 0 Å². The first kappa shape index (κ1) is 17.0. The average Bonchev–Trinajstić information content (AvgIpc) is 3.31. The predicted molar refractivity (Wildman–Crippen MR) is 95.0 cm³/mol. The van der Waals surface area contributed by atoms with E-state index in [0.29, 0.717) is 23.0 Å². The van der Waals surface area contributed by atoms with Gasteiger partial charge in [0.05, 0.1) is 0 Å². The molecular weight excluding hydrogens is 300 g/mol. The molecule has 0 aromatic heterocycles. The Kier molecular flexibility index (Phi) is 5.89. The standard InChI is InChI=1S/C20H28N2O2/c23-19(21-13-15-5-1-2-6-15)17-9-11-18(12-10-17)20(24)22-14-16-7-3-4-8-16/h9-12,15-16H,1-8,13-14H2,(H,21,23)(H,22,24). The largest absolute Gasteiger partial charge is 0.352 e. The van der Waals surface area contributed by atoms with Crippen LogP contribution in [0.3, 0.4) is 0 Å². The maximum absolute atomic E-state index is 12.2. The first-order valence-corrected chi connectivity index (χ1v) is 9.39. The van der Waals surface area contributed by atoms with Crippen molar-refractivity contribution < 1.29 is 9.59 Å². The van der Waals surface area contributed by atoms with Gasteiger partial charge in [0.25, 0.3) is 11.8 Å². The molecule has 2 fully saturated rings. The van der Waals surface area contributed by atoms with E-state index in [1.165, 1.54) is 51.4 Å². The Morgan fingerprint density at radius 2 is 1.04 bits per heavy atom. The highest BCUT2D eigenvalue weighted by molar-refractivity contribution is 5.97. The zero-order chi connectivity index (χ0) is 16.8. The topological polar surface area (TPSA) is 58.2 Å². The Hall–Kier alpha value is -1.84. The van der Waals surface area contributed by atoms with Gasteiger partial charge in [-0.3, -0.25) is 9.59 Å². The lowest BCUT2D eigenvalue weighted by atomic mass is 10.1. The van der Waals surface area contributed by atoms with E-state index < -0.39 is 0 Å². The Morgan fingerprint density at radius 1 is 0.708 bits per heavy atom. The highest BCUT2D eigenvalue weighted by Crippen LogP contribution is 2.24. The number of nitrogens with one attached hydrogen (secondary N) is 2. The molecule has 0 atom stereocenters. The molecule has 0 heterocycles. The highest BCUT2D eigenvalue weighted by Gasteiger charge is 2.17. The minimum absolute atomic E-state index is 0.0418. The van der Waals surface area contributed by atoms with E-state index >= 15 is 0 Å². The van der Waals surface area contributed by atoms with E-state index in [2.05, 4.69) is 10.6 Å². The quantitative estimate of drug-likeness (QED) is 0.839. The van der Waals surface area contributed by atoms with E-state index in [-0.39, 0.29) is 11.8 Å². The normalized spacial score (nSPS) is 18.7. The van der Waals surface area contributed by atoms with Gasteiger partial charge in [-0.15, -0.1) is 0 Å². The molecule has 0 radical (unpaired) electrons. The van der Waals surface area contributed by atoms with Crippen molar-refractivity contribution in [1.82, 2.24) is 10.6 Å². The summed E-state index contributed by atoms with van der Waals surface area (Å²) >= 11 is 0. The van der Waals surface area contributed by atoms with Crippen LogP contribution in [0.25, 0.3) is 0 Å². The van der Waals surface area contributed by atoms with Gasteiger partial charge in [-0.25, -0.2) is 0 Å². The predicted octanol–water partition coefficient (Wildman–Crippen LogP) is 3.53. The van der Waals surface area contributed by atoms with Crippen LogP contribution in [-0.4, -0.2) is 24.9 Å². The molecule has 0 aliphatic heterocycles. The van der Waals surface area contributed by atoms with Crippen molar-refractivity contribution in [3.8, 4) is 0 Å². The molecule has 4 nitrogen and oxygen atoms in total. The van der Waals surface area contributed by atoms with Gasteiger partial charge in [0.15, 0.2) is 0 Å². The third-order valence-corrected chi connectivity index (χ3v) is 5.46. The second kappa shape index (κ2) is 8.32. The SMILES string of the molecule is O=C(NCC1CCCC1)c1ccc(C(=O)NCC2CCCC2)cc1. The van der Waals surface area contributed by atoms with Crippen LogP contribution < -0.4 is 10.6 Å². The third-order valence-electron chi connectivity index (χ3n) is 5.46. The number of carbonyl (C=O) groups is 2. The summed E-state index contributed by atoms with van der Waals surface area (Å²) in [5.41, 5.74) is 1.25. The fraction of sp³-hybridized carbons (Fsp3) is 0.600. The second-order valence-corrected chi connectivity index (χ2v) is 7.30. The molecule has 130 valence electrons. The first-order valence-electron chi connectivity index (χ1n) is 9.39. The monoisotopic (exact) mass is 328 g/mol. The maximum atomic E-state index is 12.2. The molecule has 3 rings (SSSR count). The summed E-state index contributed by atoms with van der Waals surface area (Å²) in [5.74, 6) is 1.18. The lowest BCUT2D eigenvalue weighted by Gasteiger charge is -2.12. The second-order valence-electron chi connectivity index (χ2n) is 7.30. The number of amides is 2. The van der Waals surface area contributed by atoms with Crippen molar-refractivity contribution in [2.24, 2.45) is 11.8 Å². The fourth-order valence-corrected chi connectivity index (χ4v) is 3.88. The van der Waals surface area contributed by atoms with Gasteiger partial charge in [0, 0.05) is 24.2 Å². The van der Waals surface area contributed by atoms with Crippen molar-refractivity contribution in [2.45, 2.75) is 51.4 Å². The minimum atomic E-state index is -0.0418. The van der Waals surface area contributed by atoms with E-state index in [9.17, 15) is 9.59 Å². The van der Waals surface area contributed by atoms with Gasteiger partial charge in [-0.05, 0) is 61.8 Å². The molecule has 0 unspecified atom stereocenters. The Balaban J connectivity index is 1.46. The number of rotatable bonds is 6. The summed E-state index contributed by atoms with van der Waals surface area (Å²) in [6.45, 7) is 1.53. The smallest absolute Gasteiger partial charge is 0.251 e. The molecule has 0 spiro atoms. The molecule has 4 heteroatoms. The van der Waals surface area contributed by atoms with Crippen LogP contribution in [0.15, 0.2) is 24.3 Å². The van der Waals surface area contributed by atoms with Crippen molar-refractivity contribution >= 4 is 11.8 Å². The molecule has 0 bridgehead atoms. The summed E-state index contributed by atoms with van der Waals surface area (Å²) < 4.78 is 0. The molecule has 24 heavy (non-hydrogen) atoms. The lowest BCUT2D eigenvalue weighted by Crippen LogP contribution is -2.29. The number of carbonyl (C=O) groups excluding carboxylic acids is 2. The molecule has 2 aliphatic carbocycles. The van der Waals surface area contributed by atoms with Crippen LogP contribution in [0.4, 0.5) is 0 Å². The van der Waals surface area contributed by atoms with Crippen LogP contribution >= 0.6 is 0 Å². The number of hydrogen-bond acceptors (Lipinski definition) is 2. The van der Waals surface area contributed by atoms with Gasteiger partial charge < -0.3 is 10.6 Å². The molecule has 2 saturated carbocycles. The van der Waals surface area contributed by atoms with Crippen molar-refractivity contribution in [2.75, 3.05) is 13.1 Å². The third kappa shape index (κ3) is 4.59. The summed E-state index contributed by atoms with van der Waals surface area (Å²) in [6, 6.07) is 6.98. The van der Waals surface area contributed by atoms with Gasteiger partial charge in [-0.1, -0.05) is 25.7 Å². The summed E-state index contributed by atoms with van der Waals surface area (Å²) in [5, 5.41) is 6.02. The Labute approximate surface area is 144 Å². The number of benzene rings is 1. The van der Waals surface area contributed by atoms with E-state index in [0.717, 1.165) is 13.1 Å². The van der Waals surface area contributed by atoms with Crippen LogP contribution in [0.1, 0.15) is 72.1 Å². The van der Waals surface area contributed by atoms with Gasteiger partial charge >= 0.3 is 0 Å². The lowest BCUT2D eigenvalue weighted by molar-refractivity contribution is 0.0935. The van der Waals surface area contributed by atoms with E-state index in [1.54, 1.807) is 24.3 Å². The molecule has 2 N–H and O–H groups in total. The van der Waals surface area contributed by atoms with Gasteiger partial charge in [-0.2, -0.15) is 0 Å². The van der Waals surface area contributed by atoms with Crippen molar-refractivity contribution in [3.63, 3.8) is 0 Å². The maximum Gasteiger partial charge on any atom is 0.251 e. The highest BCUT2D eigenvalue weighted by atomic mass is 16.2. The summed E-state index contributed by atoms with van der Waals surface area (Å²) in [4.78, 5) is 24.3. The Morgan fingerprint density at radius 3 is 1.38 bits per heavy atom. The molecular formula is C20H28N2O2. The molecule has 0 saturated heterocycles. The summed E-state index contributed by atoms with van der Waals surface area (Å²) in [7, 11) is 0. The Bertz CT molecular complexity index is 505. The fourth-order valence-electron chi connectivity index (χ4n) is 3.88. The minimum Gasteiger partial charge on any atom is -0.352 e. The zero-order valence-corrected chi connectivity index (χ0v) is 14.4. The first-order chi connectivity index (χ1) is 11.7. The van der Waals surface area contributed by atoms with E-state index in [1.807, 2.05) is 0 Å².